The van der Waals surface area contributed by atoms with Crippen molar-refractivity contribution in [3.8, 4) is 0 Å². The average molecular weight is 210 g/mol. The molecule has 0 aromatic heterocycles. The molecule has 2 N–H and O–H groups in total. The fourth-order valence-corrected chi connectivity index (χ4v) is 0.958. The zero-order valence-corrected chi connectivity index (χ0v) is 7.65. The lowest BCUT2D eigenvalue weighted by molar-refractivity contribution is -0.105. The molecular formula is C5H11ClF3NS. The molecular weight excluding hydrogens is 199 g/mol. The van der Waals surface area contributed by atoms with Crippen molar-refractivity contribution in [1.29, 1.82) is 0 Å². The minimum Gasteiger partial charge on any atom is -0.319 e. The summed E-state index contributed by atoms with van der Waals surface area (Å²) >= 11 is 0.736. The first-order valence-corrected chi connectivity index (χ1v) is 3.94. The third-order valence-corrected chi connectivity index (χ3v) is 2.12. The van der Waals surface area contributed by atoms with Gasteiger partial charge in [-0.3, -0.25) is 0 Å². The lowest BCUT2D eigenvalue weighted by Crippen LogP contribution is -2.20. The standard InChI is InChI=1S/C5H10F3NS.ClH/c1-2-4(9)10-3-5(6,7)8;/h4H,2-3,9H2,1H3;1H/t4-;/m1./s1. The first-order valence-electron chi connectivity index (χ1n) is 2.89. The summed E-state index contributed by atoms with van der Waals surface area (Å²) in [4.78, 5) is 0. The first kappa shape index (κ1) is 13.9. The van der Waals surface area contributed by atoms with Gasteiger partial charge in [-0.05, 0) is 6.42 Å². The molecule has 0 rings (SSSR count). The van der Waals surface area contributed by atoms with E-state index >= 15 is 0 Å². The molecule has 70 valence electrons. The van der Waals surface area contributed by atoms with Gasteiger partial charge >= 0.3 is 6.18 Å². The quantitative estimate of drug-likeness (QED) is 0.723. The number of nitrogens with two attached hydrogens (primary N) is 1. The Balaban J connectivity index is 0. The Bertz CT molecular complexity index is 98.2. The predicted octanol–water partition coefficient (Wildman–Crippen LogP) is 2.40. The Morgan fingerprint density at radius 2 is 1.91 bits per heavy atom. The van der Waals surface area contributed by atoms with Gasteiger partial charge in [0.25, 0.3) is 0 Å². The van der Waals surface area contributed by atoms with Crippen LogP contribution in [-0.2, 0) is 0 Å². The van der Waals surface area contributed by atoms with Crippen molar-refractivity contribution in [2.24, 2.45) is 5.73 Å². The van der Waals surface area contributed by atoms with Crippen LogP contribution < -0.4 is 5.73 Å². The van der Waals surface area contributed by atoms with Crippen LogP contribution in [0.3, 0.4) is 0 Å². The SMILES string of the molecule is CC[C@H](N)SCC(F)(F)F.Cl. The van der Waals surface area contributed by atoms with E-state index < -0.39 is 11.9 Å². The summed E-state index contributed by atoms with van der Waals surface area (Å²) in [5.41, 5.74) is 5.24. The van der Waals surface area contributed by atoms with E-state index in [4.69, 9.17) is 5.73 Å². The van der Waals surface area contributed by atoms with Gasteiger partial charge in [-0.1, -0.05) is 6.92 Å². The third-order valence-electron chi connectivity index (χ3n) is 0.863. The van der Waals surface area contributed by atoms with Gasteiger partial charge in [-0.2, -0.15) is 13.2 Å². The fourth-order valence-electron chi connectivity index (χ4n) is 0.319. The number of halogens is 4. The van der Waals surface area contributed by atoms with Crippen LogP contribution in [0.5, 0.6) is 0 Å². The summed E-state index contributed by atoms with van der Waals surface area (Å²) in [5.74, 6) is -0.845. The van der Waals surface area contributed by atoms with Gasteiger partial charge in [0.1, 0.15) is 0 Å². The molecule has 0 bridgehead atoms. The van der Waals surface area contributed by atoms with Crippen LogP contribution in [0.1, 0.15) is 13.3 Å². The normalized spacial score (nSPS) is 13.9. The van der Waals surface area contributed by atoms with Crippen molar-refractivity contribution in [1.82, 2.24) is 0 Å². The van der Waals surface area contributed by atoms with E-state index in [1.54, 1.807) is 6.92 Å². The van der Waals surface area contributed by atoms with Crippen LogP contribution in [0.2, 0.25) is 0 Å². The third kappa shape index (κ3) is 10.4. The number of thioether (sulfide) groups is 1. The summed E-state index contributed by atoms with van der Waals surface area (Å²) in [5, 5.41) is -0.387. The van der Waals surface area contributed by atoms with Gasteiger partial charge in [0.05, 0.1) is 11.1 Å². The Labute approximate surface area is 74.3 Å². The Kier molecular flexibility index (Phi) is 7.57. The summed E-state index contributed by atoms with van der Waals surface area (Å²) in [6.45, 7) is 1.76. The summed E-state index contributed by atoms with van der Waals surface area (Å²) < 4.78 is 34.4. The minimum atomic E-state index is -4.09. The highest BCUT2D eigenvalue weighted by Crippen LogP contribution is 2.23. The summed E-state index contributed by atoms with van der Waals surface area (Å²) in [7, 11) is 0. The first-order chi connectivity index (χ1) is 4.45. The summed E-state index contributed by atoms with van der Waals surface area (Å²) in [6, 6.07) is 0. The molecule has 0 amide bonds. The largest absolute Gasteiger partial charge is 0.397 e. The molecule has 0 aliphatic rings. The lowest BCUT2D eigenvalue weighted by atomic mass is 10.5. The van der Waals surface area contributed by atoms with Gasteiger partial charge < -0.3 is 5.73 Å². The lowest BCUT2D eigenvalue weighted by Gasteiger charge is -2.09. The molecule has 0 unspecified atom stereocenters. The van der Waals surface area contributed by atoms with Crippen molar-refractivity contribution in [2.75, 3.05) is 5.75 Å². The van der Waals surface area contributed by atoms with Crippen molar-refractivity contribution in [2.45, 2.75) is 24.9 Å². The van der Waals surface area contributed by atoms with E-state index in [9.17, 15) is 13.2 Å². The van der Waals surface area contributed by atoms with Crippen molar-refractivity contribution < 1.29 is 13.2 Å². The van der Waals surface area contributed by atoms with Gasteiger partial charge in [0.15, 0.2) is 0 Å². The highest BCUT2D eigenvalue weighted by Gasteiger charge is 2.27. The monoisotopic (exact) mass is 209 g/mol. The van der Waals surface area contributed by atoms with Gasteiger partial charge in [-0.15, -0.1) is 24.2 Å². The number of hydrogen-bond donors (Lipinski definition) is 1. The van der Waals surface area contributed by atoms with Gasteiger partial charge in [0.2, 0.25) is 0 Å². The maximum Gasteiger partial charge on any atom is 0.397 e. The van der Waals surface area contributed by atoms with Gasteiger partial charge in [-0.25, -0.2) is 0 Å². The Morgan fingerprint density at radius 3 is 2.18 bits per heavy atom. The molecule has 0 aromatic rings. The van der Waals surface area contributed by atoms with E-state index in [1.165, 1.54) is 0 Å². The van der Waals surface area contributed by atoms with Crippen LogP contribution in [0.25, 0.3) is 0 Å². The molecule has 0 heterocycles. The molecule has 0 radical (unpaired) electrons. The van der Waals surface area contributed by atoms with Gasteiger partial charge in [0, 0.05) is 0 Å². The highest BCUT2D eigenvalue weighted by atomic mass is 35.5. The van der Waals surface area contributed by atoms with Crippen LogP contribution in [0.4, 0.5) is 13.2 Å². The maximum atomic E-state index is 11.5. The maximum absolute atomic E-state index is 11.5. The predicted molar refractivity (Wildman–Crippen MR) is 44.0 cm³/mol. The average Bonchev–Trinajstić information content (AvgIpc) is 1.81. The Hall–Kier alpha value is 0.390. The second kappa shape index (κ2) is 5.97. The molecule has 1 atom stereocenters. The van der Waals surface area contributed by atoms with Crippen LogP contribution >= 0.6 is 24.2 Å². The minimum absolute atomic E-state index is 0. The molecule has 0 spiro atoms. The molecule has 0 aromatic carbocycles. The van der Waals surface area contributed by atoms with Crippen molar-refractivity contribution >= 4 is 24.2 Å². The highest BCUT2D eigenvalue weighted by molar-refractivity contribution is 7.99. The van der Waals surface area contributed by atoms with Crippen LogP contribution in [0, 0.1) is 0 Å². The van der Waals surface area contributed by atoms with E-state index in [-0.39, 0.29) is 17.8 Å². The van der Waals surface area contributed by atoms with E-state index in [2.05, 4.69) is 0 Å². The number of hydrogen-bond acceptors (Lipinski definition) is 2. The molecule has 1 nitrogen and oxygen atoms in total. The molecule has 11 heavy (non-hydrogen) atoms. The second-order valence-corrected chi connectivity index (χ2v) is 3.10. The molecule has 0 saturated heterocycles. The molecule has 0 saturated carbocycles. The Morgan fingerprint density at radius 1 is 1.45 bits per heavy atom. The second-order valence-electron chi connectivity index (χ2n) is 1.87. The zero-order chi connectivity index (χ0) is 8.20. The zero-order valence-electron chi connectivity index (χ0n) is 6.02. The number of rotatable bonds is 3. The topological polar surface area (TPSA) is 26.0 Å². The number of alkyl halides is 3. The van der Waals surface area contributed by atoms with Crippen LogP contribution in [-0.4, -0.2) is 17.3 Å². The molecule has 0 aliphatic carbocycles. The van der Waals surface area contributed by atoms with Crippen molar-refractivity contribution in [3.63, 3.8) is 0 Å². The molecule has 0 aliphatic heterocycles. The fraction of sp³-hybridized carbons (Fsp3) is 1.00. The van der Waals surface area contributed by atoms with E-state index in [1.807, 2.05) is 0 Å². The summed E-state index contributed by atoms with van der Waals surface area (Å²) in [6.07, 6.45) is -3.52. The smallest absolute Gasteiger partial charge is 0.319 e. The molecule has 6 heteroatoms. The van der Waals surface area contributed by atoms with Crippen LogP contribution in [0.15, 0.2) is 0 Å². The van der Waals surface area contributed by atoms with E-state index in [0.29, 0.717) is 6.42 Å². The molecule has 0 fully saturated rings. The van der Waals surface area contributed by atoms with Crippen molar-refractivity contribution in [3.05, 3.63) is 0 Å². The van der Waals surface area contributed by atoms with E-state index in [0.717, 1.165) is 11.8 Å².